The lowest BCUT2D eigenvalue weighted by Crippen LogP contribution is -2.47. The van der Waals surface area contributed by atoms with E-state index in [1.807, 2.05) is 62.3 Å². The van der Waals surface area contributed by atoms with Crippen LogP contribution in [0.1, 0.15) is 6.92 Å². The highest BCUT2D eigenvalue weighted by Gasteiger charge is 2.18. The highest BCUT2D eigenvalue weighted by molar-refractivity contribution is 5.92. The normalized spacial score (nSPS) is 14.1. The molecule has 9 nitrogen and oxygen atoms in total. The molecule has 0 saturated carbocycles. The van der Waals surface area contributed by atoms with Gasteiger partial charge in [-0.2, -0.15) is 0 Å². The molecule has 0 unspecified atom stereocenters. The van der Waals surface area contributed by atoms with E-state index in [-0.39, 0.29) is 5.91 Å². The van der Waals surface area contributed by atoms with Crippen molar-refractivity contribution >= 4 is 29.1 Å². The number of nitrogens with zero attached hydrogens (tertiary/aromatic N) is 3. The van der Waals surface area contributed by atoms with Crippen molar-refractivity contribution in [3.8, 4) is 5.75 Å². The Kier molecular flexibility index (Phi) is 9.54. The van der Waals surface area contributed by atoms with Gasteiger partial charge >= 0.3 is 6.09 Å². The second-order valence-corrected chi connectivity index (χ2v) is 8.36. The molecule has 1 saturated heterocycles. The Bertz CT molecular complexity index is 944. The van der Waals surface area contributed by atoms with Gasteiger partial charge < -0.3 is 24.6 Å². The molecular formula is C25H35N5O4. The first-order chi connectivity index (χ1) is 16.4. The Labute approximate surface area is 201 Å². The van der Waals surface area contributed by atoms with E-state index in [0.717, 1.165) is 37.6 Å². The highest BCUT2D eigenvalue weighted by Crippen LogP contribution is 2.24. The summed E-state index contributed by atoms with van der Waals surface area (Å²) in [4.78, 5) is 30.6. The lowest BCUT2D eigenvalue weighted by molar-refractivity contribution is -0.116. The number of carbonyl (C=O) groups excluding carboxylic acids is 2. The van der Waals surface area contributed by atoms with E-state index in [4.69, 9.17) is 9.47 Å². The van der Waals surface area contributed by atoms with Gasteiger partial charge in [0.1, 0.15) is 12.4 Å². The van der Waals surface area contributed by atoms with Crippen LogP contribution in [0.15, 0.2) is 48.5 Å². The smallest absolute Gasteiger partial charge is 0.411 e. The van der Waals surface area contributed by atoms with Crippen LogP contribution < -0.4 is 20.3 Å². The van der Waals surface area contributed by atoms with Gasteiger partial charge in [0, 0.05) is 44.1 Å². The number of nitrogens with one attached hydrogen (secondary N) is 2. The molecule has 2 aromatic rings. The lowest BCUT2D eigenvalue weighted by atomic mass is 10.2. The summed E-state index contributed by atoms with van der Waals surface area (Å²) in [7, 11) is 3.74. The first-order valence-electron chi connectivity index (χ1n) is 11.6. The van der Waals surface area contributed by atoms with E-state index in [0.29, 0.717) is 37.7 Å². The van der Waals surface area contributed by atoms with Gasteiger partial charge in [0.05, 0.1) is 18.8 Å². The predicted octanol–water partition coefficient (Wildman–Crippen LogP) is 2.96. The van der Waals surface area contributed by atoms with Crippen molar-refractivity contribution in [2.45, 2.75) is 6.92 Å². The molecule has 3 rings (SSSR count). The quantitative estimate of drug-likeness (QED) is 0.553. The molecule has 0 bridgehead atoms. The van der Waals surface area contributed by atoms with Gasteiger partial charge in [-0.25, -0.2) is 4.79 Å². The Balaban J connectivity index is 1.40. The van der Waals surface area contributed by atoms with Crippen LogP contribution in [0, 0.1) is 0 Å². The molecule has 0 aliphatic carbocycles. The van der Waals surface area contributed by atoms with E-state index in [2.05, 4.69) is 26.5 Å². The number of piperazine rings is 1. The number of para-hydroxylation sites is 2. The maximum Gasteiger partial charge on any atom is 0.411 e. The Morgan fingerprint density at radius 1 is 1.00 bits per heavy atom. The lowest BCUT2D eigenvalue weighted by Gasteiger charge is -2.36. The summed E-state index contributed by atoms with van der Waals surface area (Å²) in [5, 5.41) is 5.69. The fourth-order valence-electron chi connectivity index (χ4n) is 3.76. The SMILES string of the molecule is CCOc1ccccc1NC(=O)OCCN1CCN(c2cccc(NC(=O)CN(C)C)c2)CC1. The van der Waals surface area contributed by atoms with Crippen LogP contribution >= 0.6 is 0 Å². The third kappa shape index (κ3) is 7.93. The van der Waals surface area contributed by atoms with E-state index < -0.39 is 6.09 Å². The number of rotatable bonds is 10. The molecule has 184 valence electrons. The number of likely N-dealkylation sites (N-methyl/N-ethyl adjacent to an activating group) is 1. The zero-order chi connectivity index (χ0) is 24.3. The minimum Gasteiger partial charge on any atom is -0.492 e. The first kappa shape index (κ1) is 25.3. The number of hydrogen-bond acceptors (Lipinski definition) is 7. The van der Waals surface area contributed by atoms with Crippen molar-refractivity contribution in [2.24, 2.45) is 0 Å². The molecule has 1 aliphatic heterocycles. The molecule has 0 aromatic heterocycles. The van der Waals surface area contributed by atoms with Crippen LogP contribution in [0.25, 0.3) is 0 Å². The monoisotopic (exact) mass is 469 g/mol. The summed E-state index contributed by atoms with van der Waals surface area (Å²) < 4.78 is 10.9. The fraction of sp³-hybridized carbons (Fsp3) is 0.440. The summed E-state index contributed by atoms with van der Waals surface area (Å²) in [6.45, 7) is 7.23. The van der Waals surface area contributed by atoms with Crippen LogP contribution in [0.4, 0.5) is 21.9 Å². The number of carbonyl (C=O) groups is 2. The second kappa shape index (κ2) is 12.8. The molecule has 0 spiro atoms. The number of amides is 2. The summed E-state index contributed by atoms with van der Waals surface area (Å²) in [5.41, 5.74) is 2.49. The molecular weight excluding hydrogens is 434 g/mol. The maximum absolute atomic E-state index is 12.2. The predicted molar refractivity (Wildman–Crippen MR) is 135 cm³/mol. The minimum absolute atomic E-state index is 0.0302. The zero-order valence-electron chi connectivity index (χ0n) is 20.3. The average molecular weight is 470 g/mol. The van der Waals surface area contributed by atoms with Crippen LogP contribution in [-0.2, 0) is 9.53 Å². The Morgan fingerprint density at radius 2 is 1.76 bits per heavy atom. The summed E-state index contributed by atoms with van der Waals surface area (Å²) >= 11 is 0. The van der Waals surface area contributed by atoms with Gasteiger partial charge in [0.2, 0.25) is 5.91 Å². The van der Waals surface area contributed by atoms with E-state index in [9.17, 15) is 9.59 Å². The van der Waals surface area contributed by atoms with Gasteiger partial charge in [-0.15, -0.1) is 0 Å². The molecule has 1 heterocycles. The Hall–Kier alpha value is -3.30. The molecule has 0 atom stereocenters. The number of anilines is 3. The highest BCUT2D eigenvalue weighted by atomic mass is 16.5. The maximum atomic E-state index is 12.2. The summed E-state index contributed by atoms with van der Waals surface area (Å²) in [6.07, 6.45) is -0.487. The Morgan fingerprint density at radius 3 is 2.50 bits per heavy atom. The molecule has 2 N–H and O–H groups in total. The largest absolute Gasteiger partial charge is 0.492 e. The molecule has 9 heteroatoms. The zero-order valence-corrected chi connectivity index (χ0v) is 20.3. The van der Waals surface area contributed by atoms with E-state index in [1.54, 1.807) is 6.07 Å². The molecule has 1 fully saturated rings. The second-order valence-electron chi connectivity index (χ2n) is 8.36. The third-order valence-corrected chi connectivity index (χ3v) is 5.39. The first-order valence-corrected chi connectivity index (χ1v) is 11.6. The van der Waals surface area contributed by atoms with Crippen LogP contribution in [-0.4, -0.2) is 88.4 Å². The fourth-order valence-corrected chi connectivity index (χ4v) is 3.76. The van der Waals surface area contributed by atoms with Gasteiger partial charge in [-0.05, 0) is 51.4 Å². The molecule has 34 heavy (non-hydrogen) atoms. The van der Waals surface area contributed by atoms with Gasteiger partial charge in [0.15, 0.2) is 0 Å². The van der Waals surface area contributed by atoms with Crippen molar-refractivity contribution in [2.75, 3.05) is 82.1 Å². The van der Waals surface area contributed by atoms with Crippen molar-refractivity contribution in [1.29, 1.82) is 0 Å². The van der Waals surface area contributed by atoms with Crippen LogP contribution in [0.2, 0.25) is 0 Å². The standard InChI is InChI=1S/C25H35N5O4/c1-4-33-23-11-6-5-10-22(23)27-25(32)34-17-16-29-12-14-30(15-13-29)21-9-7-8-20(18-21)26-24(31)19-28(2)3/h5-11,18H,4,12-17,19H2,1-3H3,(H,26,31)(H,27,32). The third-order valence-electron chi connectivity index (χ3n) is 5.39. The number of hydrogen-bond donors (Lipinski definition) is 2. The molecule has 0 radical (unpaired) electrons. The molecule has 1 aliphatic rings. The molecule has 2 aromatic carbocycles. The number of ether oxygens (including phenoxy) is 2. The summed E-state index contributed by atoms with van der Waals surface area (Å²) in [5.74, 6) is 0.594. The summed E-state index contributed by atoms with van der Waals surface area (Å²) in [6, 6.07) is 15.2. The van der Waals surface area contributed by atoms with Crippen molar-refractivity contribution in [1.82, 2.24) is 9.80 Å². The molecule has 2 amide bonds. The van der Waals surface area contributed by atoms with Crippen molar-refractivity contribution < 1.29 is 19.1 Å². The van der Waals surface area contributed by atoms with E-state index >= 15 is 0 Å². The van der Waals surface area contributed by atoms with Crippen LogP contribution in [0.3, 0.4) is 0 Å². The van der Waals surface area contributed by atoms with Gasteiger partial charge in [0.25, 0.3) is 0 Å². The average Bonchev–Trinajstić information content (AvgIpc) is 2.80. The minimum atomic E-state index is -0.487. The van der Waals surface area contributed by atoms with Gasteiger partial charge in [-0.1, -0.05) is 18.2 Å². The van der Waals surface area contributed by atoms with E-state index in [1.165, 1.54) is 0 Å². The van der Waals surface area contributed by atoms with Crippen LogP contribution in [0.5, 0.6) is 5.75 Å². The van der Waals surface area contributed by atoms with Crippen molar-refractivity contribution in [3.05, 3.63) is 48.5 Å². The number of benzene rings is 2. The van der Waals surface area contributed by atoms with Crippen molar-refractivity contribution in [3.63, 3.8) is 0 Å². The topological polar surface area (TPSA) is 86.4 Å². The van der Waals surface area contributed by atoms with Gasteiger partial charge in [-0.3, -0.25) is 15.0 Å².